The number of ether oxygens (including phenoxy) is 4. The Balaban J connectivity index is 2.91. The quantitative estimate of drug-likeness (QED) is 0.681. The Morgan fingerprint density at radius 2 is 1.60 bits per heavy atom. The summed E-state index contributed by atoms with van der Waals surface area (Å²) in [6.45, 7) is 4.97. The summed E-state index contributed by atoms with van der Waals surface area (Å²) in [5, 5.41) is 23.1. The minimum Gasteiger partial charge on any atom is -0.496 e. The molecule has 0 fully saturated rings. The summed E-state index contributed by atoms with van der Waals surface area (Å²) in [4.78, 5) is 11.7. The van der Waals surface area contributed by atoms with Crippen LogP contribution < -0.4 is 19.5 Å². The van der Waals surface area contributed by atoms with E-state index in [1.807, 2.05) is 0 Å². The molecular formula is C17H27NO7. The third-order valence-electron chi connectivity index (χ3n) is 3.27. The van der Waals surface area contributed by atoms with Crippen LogP contribution in [0.25, 0.3) is 0 Å². The standard InChI is InChI=1S/C17H27NO7/c1-17(2,3)25-16(21)18-9-11(19)15(20)14-12(23-5)7-10(22-4)8-13(14)24-6/h7-8,11,15,19-20H,9H2,1-6H3,(H,18,21). The first-order chi connectivity index (χ1) is 11.6. The lowest BCUT2D eigenvalue weighted by Gasteiger charge is -2.24. The van der Waals surface area contributed by atoms with Gasteiger partial charge in [-0.2, -0.15) is 0 Å². The van der Waals surface area contributed by atoms with Crippen molar-refractivity contribution >= 4 is 6.09 Å². The van der Waals surface area contributed by atoms with Crippen molar-refractivity contribution in [3.05, 3.63) is 17.7 Å². The summed E-state index contributed by atoms with van der Waals surface area (Å²) >= 11 is 0. The maximum Gasteiger partial charge on any atom is 0.407 e. The molecule has 0 saturated carbocycles. The number of hydrogen-bond donors (Lipinski definition) is 3. The molecule has 8 nitrogen and oxygen atoms in total. The van der Waals surface area contributed by atoms with Gasteiger partial charge in [0.1, 0.15) is 35.1 Å². The number of aliphatic hydroxyl groups excluding tert-OH is 2. The highest BCUT2D eigenvalue weighted by atomic mass is 16.6. The van der Waals surface area contributed by atoms with Crippen LogP contribution in [0.4, 0.5) is 4.79 Å². The van der Waals surface area contributed by atoms with Crippen LogP contribution in [0.1, 0.15) is 32.4 Å². The number of methoxy groups -OCH3 is 3. The van der Waals surface area contributed by atoms with E-state index >= 15 is 0 Å². The first-order valence-corrected chi connectivity index (χ1v) is 7.75. The van der Waals surface area contributed by atoms with Gasteiger partial charge in [-0.15, -0.1) is 0 Å². The predicted octanol–water partition coefficient (Wildman–Crippen LogP) is 1.63. The molecule has 0 radical (unpaired) electrons. The Bertz CT molecular complexity index is 558. The molecule has 1 rings (SSSR count). The number of benzene rings is 1. The number of aliphatic hydroxyl groups is 2. The van der Waals surface area contributed by atoms with E-state index in [1.165, 1.54) is 21.3 Å². The summed E-state index contributed by atoms with van der Waals surface area (Å²) < 4.78 is 20.7. The van der Waals surface area contributed by atoms with Crippen LogP contribution in [0.5, 0.6) is 17.2 Å². The van der Waals surface area contributed by atoms with Gasteiger partial charge in [0.05, 0.1) is 26.9 Å². The fourth-order valence-corrected chi connectivity index (χ4v) is 2.13. The smallest absolute Gasteiger partial charge is 0.407 e. The van der Waals surface area contributed by atoms with Gasteiger partial charge in [0.2, 0.25) is 0 Å². The average molecular weight is 357 g/mol. The zero-order valence-electron chi connectivity index (χ0n) is 15.5. The predicted molar refractivity (Wildman–Crippen MR) is 91.3 cm³/mol. The van der Waals surface area contributed by atoms with E-state index in [4.69, 9.17) is 18.9 Å². The molecular weight excluding hydrogens is 330 g/mol. The van der Waals surface area contributed by atoms with Gasteiger partial charge in [-0.25, -0.2) is 4.79 Å². The van der Waals surface area contributed by atoms with Crippen LogP contribution in [-0.2, 0) is 4.74 Å². The number of carbonyl (C=O) groups excluding carboxylic acids is 1. The van der Waals surface area contributed by atoms with Crippen molar-refractivity contribution in [2.75, 3.05) is 27.9 Å². The van der Waals surface area contributed by atoms with Gasteiger partial charge < -0.3 is 34.5 Å². The minimum absolute atomic E-state index is 0.214. The summed E-state index contributed by atoms with van der Waals surface area (Å²) in [7, 11) is 4.34. The molecule has 142 valence electrons. The lowest BCUT2D eigenvalue weighted by atomic mass is 10.0. The molecule has 25 heavy (non-hydrogen) atoms. The zero-order valence-corrected chi connectivity index (χ0v) is 15.5. The fourth-order valence-electron chi connectivity index (χ4n) is 2.13. The first kappa shape index (κ1) is 20.9. The topological polar surface area (TPSA) is 106 Å². The average Bonchev–Trinajstić information content (AvgIpc) is 2.55. The van der Waals surface area contributed by atoms with E-state index in [-0.39, 0.29) is 12.1 Å². The van der Waals surface area contributed by atoms with E-state index in [2.05, 4.69) is 5.32 Å². The monoisotopic (exact) mass is 357 g/mol. The van der Waals surface area contributed by atoms with E-state index in [9.17, 15) is 15.0 Å². The SMILES string of the molecule is COc1cc(OC)c(C(O)C(O)CNC(=O)OC(C)(C)C)c(OC)c1. The van der Waals surface area contributed by atoms with Crippen LogP contribution in [0.2, 0.25) is 0 Å². The van der Waals surface area contributed by atoms with E-state index in [1.54, 1.807) is 32.9 Å². The molecule has 1 aromatic carbocycles. The Morgan fingerprint density at radius 3 is 2.00 bits per heavy atom. The molecule has 0 aromatic heterocycles. The van der Waals surface area contributed by atoms with Crippen LogP contribution in [0.3, 0.4) is 0 Å². The maximum absolute atomic E-state index is 11.7. The number of hydrogen-bond acceptors (Lipinski definition) is 7. The zero-order chi connectivity index (χ0) is 19.2. The van der Waals surface area contributed by atoms with Crippen molar-refractivity contribution < 1.29 is 34.0 Å². The highest BCUT2D eigenvalue weighted by molar-refractivity contribution is 5.67. The van der Waals surface area contributed by atoms with E-state index < -0.39 is 23.9 Å². The summed E-state index contributed by atoms with van der Waals surface area (Å²) in [5.41, 5.74) is -0.403. The van der Waals surface area contributed by atoms with Crippen molar-refractivity contribution in [2.45, 2.75) is 38.6 Å². The Labute approximate surface area is 147 Å². The second-order valence-electron chi connectivity index (χ2n) is 6.34. The number of rotatable bonds is 7. The van der Waals surface area contributed by atoms with Gasteiger partial charge in [-0.05, 0) is 20.8 Å². The number of carbonyl (C=O) groups is 1. The molecule has 0 spiro atoms. The van der Waals surface area contributed by atoms with Gasteiger partial charge >= 0.3 is 6.09 Å². The minimum atomic E-state index is -1.36. The van der Waals surface area contributed by atoms with Crippen molar-refractivity contribution in [1.82, 2.24) is 5.32 Å². The Kier molecular flexibility index (Phi) is 7.32. The van der Waals surface area contributed by atoms with Gasteiger partial charge in [-0.3, -0.25) is 0 Å². The van der Waals surface area contributed by atoms with Crippen molar-refractivity contribution in [1.29, 1.82) is 0 Å². The second-order valence-corrected chi connectivity index (χ2v) is 6.34. The van der Waals surface area contributed by atoms with Gasteiger partial charge in [0.25, 0.3) is 0 Å². The second kappa shape index (κ2) is 8.77. The van der Waals surface area contributed by atoms with Crippen LogP contribution in [0, 0.1) is 0 Å². The molecule has 0 aliphatic rings. The maximum atomic E-state index is 11.7. The van der Waals surface area contributed by atoms with Crippen LogP contribution >= 0.6 is 0 Å². The number of alkyl carbamates (subject to hydrolysis) is 1. The van der Waals surface area contributed by atoms with E-state index in [0.29, 0.717) is 17.2 Å². The molecule has 1 amide bonds. The molecule has 8 heteroatoms. The Morgan fingerprint density at radius 1 is 1.08 bits per heavy atom. The first-order valence-electron chi connectivity index (χ1n) is 7.75. The molecule has 0 aliphatic heterocycles. The largest absolute Gasteiger partial charge is 0.496 e. The fraction of sp³-hybridized carbons (Fsp3) is 0.588. The van der Waals surface area contributed by atoms with Gasteiger partial charge in [0.15, 0.2) is 0 Å². The van der Waals surface area contributed by atoms with Crippen molar-refractivity contribution in [3.8, 4) is 17.2 Å². The molecule has 0 heterocycles. The molecule has 1 aromatic rings. The van der Waals surface area contributed by atoms with Crippen molar-refractivity contribution in [2.24, 2.45) is 0 Å². The molecule has 0 saturated heterocycles. The molecule has 2 unspecified atom stereocenters. The lowest BCUT2D eigenvalue weighted by molar-refractivity contribution is 0.0108. The third-order valence-corrected chi connectivity index (χ3v) is 3.27. The third kappa shape index (κ3) is 5.99. The van der Waals surface area contributed by atoms with Crippen LogP contribution in [-0.4, -0.2) is 55.9 Å². The van der Waals surface area contributed by atoms with Crippen molar-refractivity contribution in [3.63, 3.8) is 0 Å². The normalized spacial score (nSPS) is 13.6. The number of nitrogens with one attached hydrogen (secondary N) is 1. The molecule has 0 bridgehead atoms. The van der Waals surface area contributed by atoms with E-state index in [0.717, 1.165) is 0 Å². The Hall–Kier alpha value is -2.19. The summed E-state index contributed by atoms with van der Waals surface area (Å²) in [5.74, 6) is 1.06. The highest BCUT2D eigenvalue weighted by Crippen LogP contribution is 2.39. The lowest BCUT2D eigenvalue weighted by Crippen LogP contribution is -2.39. The molecule has 2 atom stereocenters. The van der Waals surface area contributed by atoms with Gasteiger partial charge in [0, 0.05) is 18.7 Å². The highest BCUT2D eigenvalue weighted by Gasteiger charge is 2.27. The molecule has 3 N–H and O–H groups in total. The number of amides is 1. The summed E-state index contributed by atoms with van der Waals surface area (Å²) in [6.07, 6.45) is -3.35. The summed E-state index contributed by atoms with van der Waals surface area (Å²) in [6, 6.07) is 3.13. The van der Waals surface area contributed by atoms with Gasteiger partial charge in [-0.1, -0.05) is 0 Å². The molecule has 0 aliphatic carbocycles. The van der Waals surface area contributed by atoms with Crippen LogP contribution in [0.15, 0.2) is 12.1 Å².